The maximum Gasteiger partial charge on any atom is 0.491 e. The molecule has 122 valence electrons. The molecule has 0 aliphatic carbocycles. The Morgan fingerprint density at radius 1 is 1.43 bits per heavy atom. The molecule has 1 aromatic carbocycles. The molecule has 8 nitrogen and oxygen atoms in total. The predicted molar refractivity (Wildman–Crippen MR) is 71.5 cm³/mol. The average molecular weight is 329 g/mol. The van der Waals surface area contributed by atoms with Gasteiger partial charge in [0, 0.05) is 17.7 Å². The maximum absolute atomic E-state index is 12.6. The quantitative estimate of drug-likeness (QED) is 0.684. The first-order valence-corrected chi connectivity index (χ1v) is 6.20. The highest BCUT2D eigenvalue weighted by Gasteiger charge is 2.30. The topological polar surface area (TPSA) is 103 Å². The first kappa shape index (κ1) is 16.4. The van der Waals surface area contributed by atoms with Gasteiger partial charge < -0.3 is 15.4 Å². The van der Waals surface area contributed by atoms with Gasteiger partial charge in [-0.15, -0.1) is 0 Å². The lowest BCUT2D eigenvalue weighted by Crippen LogP contribution is -2.20. The molecule has 11 heteroatoms. The van der Waals surface area contributed by atoms with Gasteiger partial charge in [-0.05, 0) is 28.1 Å². The van der Waals surface area contributed by atoms with Gasteiger partial charge in [0.25, 0.3) is 0 Å². The molecule has 0 bridgehead atoms. The molecular weight excluding hydrogens is 319 g/mol. The number of rotatable bonds is 4. The van der Waals surface area contributed by atoms with Crippen LogP contribution in [0.2, 0.25) is 0 Å². The summed E-state index contributed by atoms with van der Waals surface area (Å²) in [5.74, 6) is -1.21. The summed E-state index contributed by atoms with van der Waals surface area (Å²) in [5, 5.41) is 16.3. The van der Waals surface area contributed by atoms with Crippen molar-refractivity contribution in [3.8, 4) is 0 Å². The van der Waals surface area contributed by atoms with Crippen molar-refractivity contribution in [1.29, 1.82) is 0 Å². The van der Waals surface area contributed by atoms with Crippen LogP contribution in [0.1, 0.15) is 11.4 Å². The van der Waals surface area contributed by atoms with Gasteiger partial charge in [0.05, 0.1) is 5.56 Å². The fourth-order valence-corrected chi connectivity index (χ4v) is 1.74. The third-order valence-electron chi connectivity index (χ3n) is 2.78. The number of benzene rings is 1. The second-order valence-corrected chi connectivity index (χ2v) is 4.50. The SMILES string of the molecule is Cc1nc([N+](=O)[O-])nn1CC(=O)Nc1cccc(C(F)(F)F)c1. The van der Waals surface area contributed by atoms with Crippen molar-refractivity contribution in [3.05, 3.63) is 45.8 Å². The van der Waals surface area contributed by atoms with Crippen LogP contribution in [0.3, 0.4) is 0 Å². The Morgan fingerprint density at radius 3 is 2.70 bits per heavy atom. The van der Waals surface area contributed by atoms with Gasteiger partial charge >= 0.3 is 12.1 Å². The summed E-state index contributed by atoms with van der Waals surface area (Å²) >= 11 is 0. The van der Waals surface area contributed by atoms with Crippen LogP contribution in [0.15, 0.2) is 24.3 Å². The highest BCUT2D eigenvalue weighted by molar-refractivity contribution is 5.90. The summed E-state index contributed by atoms with van der Waals surface area (Å²) in [7, 11) is 0. The van der Waals surface area contributed by atoms with E-state index in [-0.39, 0.29) is 11.5 Å². The Hall–Kier alpha value is -2.98. The number of aromatic nitrogens is 3. The number of nitro groups is 1. The number of carbonyl (C=O) groups excluding carboxylic acids is 1. The van der Waals surface area contributed by atoms with Crippen LogP contribution in [-0.4, -0.2) is 25.6 Å². The largest absolute Gasteiger partial charge is 0.491 e. The van der Waals surface area contributed by atoms with Crippen LogP contribution < -0.4 is 5.32 Å². The Balaban J connectivity index is 2.10. The molecule has 23 heavy (non-hydrogen) atoms. The van der Waals surface area contributed by atoms with Gasteiger partial charge in [0.15, 0.2) is 0 Å². The van der Waals surface area contributed by atoms with Crippen LogP contribution in [0.4, 0.5) is 24.8 Å². The number of nitrogens with one attached hydrogen (secondary N) is 1. The fraction of sp³-hybridized carbons (Fsp3) is 0.250. The van der Waals surface area contributed by atoms with Gasteiger partial charge in [0.1, 0.15) is 6.54 Å². The van der Waals surface area contributed by atoms with E-state index < -0.39 is 35.1 Å². The number of hydrogen-bond acceptors (Lipinski definition) is 5. The molecule has 1 aromatic heterocycles. The van der Waals surface area contributed by atoms with Crippen LogP contribution >= 0.6 is 0 Å². The second-order valence-electron chi connectivity index (χ2n) is 4.50. The van der Waals surface area contributed by atoms with Crippen molar-refractivity contribution in [2.24, 2.45) is 0 Å². The Morgan fingerprint density at radius 2 is 2.13 bits per heavy atom. The van der Waals surface area contributed by atoms with E-state index in [9.17, 15) is 28.1 Å². The molecule has 0 saturated heterocycles. The molecule has 2 rings (SSSR count). The number of amides is 1. The minimum Gasteiger partial charge on any atom is -0.390 e. The zero-order valence-electron chi connectivity index (χ0n) is 11.7. The lowest BCUT2D eigenvalue weighted by Gasteiger charge is -2.09. The number of anilines is 1. The highest BCUT2D eigenvalue weighted by Crippen LogP contribution is 2.30. The van der Waals surface area contributed by atoms with Gasteiger partial charge in [0.2, 0.25) is 11.7 Å². The molecule has 0 atom stereocenters. The summed E-state index contributed by atoms with van der Waals surface area (Å²) < 4.78 is 38.7. The number of aryl methyl sites for hydroxylation is 1. The maximum atomic E-state index is 12.6. The Kier molecular flexibility index (Phi) is 4.29. The van der Waals surface area contributed by atoms with Crippen molar-refractivity contribution in [2.45, 2.75) is 19.6 Å². The number of carbonyl (C=O) groups is 1. The predicted octanol–water partition coefficient (Wildman–Crippen LogP) is 2.15. The van der Waals surface area contributed by atoms with Gasteiger partial charge in [-0.1, -0.05) is 6.07 Å². The third-order valence-corrected chi connectivity index (χ3v) is 2.78. The zero-order chi connectivity index (χ0) is 17.2. The van der Waals surface area contributed by atoms with E-state index in [0.29, 0.717) is 0 Å². The zero-order valence-corrected chi connectivity index (χ0v) is 11.7. The van der Waals surface area contributed by atoms with E-state index in [2.05, 4.69) is 15.4 Å². The number of alkyl halides is 3. The van der Waals surface area contributed by atoms with E-state index in [4.69, 9.17) is 0 Å². The normalized spacial score (nSPS) is 11.3. The van der Waals surface area contributed by atoms with Crippen LogP contribution in [0.5, 0.6) is 0 Å². The van der Waals surface area contributed by atoms with Gasteiger partial charge in [-0.2, -0.15) is 17.9 Å². The highest BCUT2D eigenvalue weighted by atomic mass is 19.4. The molecule has 0 saturated carbocycles. The van der Waals surface area contributed by atoms with E-state index >= 15 is 0 Å². The first-order chi connectivity index (χ1) is 10.7. The van der Waals surface area contributed by atoms with Crippen molar-refractivity contribution in [1.82, 2.24) is 14.8 Å². The molecule has 2 aromatic rings. The number of halogens is 3. The smallest absolute Gasteiger partial charge is 0.390 e. The van der Waals surface area contributed by atoms with Gasteiger partial charge in [-0.25, -0.2) is 0 Å². The average Bonchev–Trinajstić information content (AvgIpc) is 2.79. The molecule has 0 fully saturated rings. The van der Waals surface area contributed by atoms with Crippen molar-refractivity contribution >= 4 is 17.5 Å². The van der Waals surface area contributed by atoms with Crippen molar-refractivity contribution in [3.63, 3.8) is 0 Å². The van der Waals surface area contributed by atoms with Crippen LogP contribution in [-0.2, 0) is 17.5 Å². The third kappa shape index (κ3) is 4.02. The van der Waals surface area contributed by atoms with Crippen LogP contribution in [0, 0.1) is 17.0 Å². The van der Waals surface area contributed by atoms with E-state index in [1.54, 1.807) is 0 Å². The van der Waals surface area contributed by atoms with Crippen molar-refractivity contribution < 1.29 is 22.9 Å². The molecule has 1 heterocycles. The molecule has 0 unspecified atom stereocenters. The molecule has 0 aliphatic heterocycles. The molecular formula is C12H10F3N5O3. The van der Waals surface area contributed by atoms with Gasteiger partial charge in [-0.3, -0.25) is 4.79 Å². The molecule has 0 radical (unpaired) electrons. The summed E-state index contributed by atoms with van der Waals surface area (Å²) in [6, 6.07) is 4.11. The number of hydrogen-bond donors (Lipinski definition) is 1. The van der Waals surface area contributed by atoms with E-state index in [1.807, 2.05) is 0 Å². The summed E-state index contributed by atoms with van der Waals surface area (Å²) in [6.45, 7) is 1.00. The second kappa shape index (κ2) is 6.02. The molecule has 1 amide bonds. The minimum absolute atomic E-state index is 0.0444. The van der Waals surface area contributed by atoms with E-state index in [0.717, 1.165) is 22.9 Å². The standard InChI is InChI=1S/C12H10F3N5O3/c1-7-16-11(20(22)23)18-19(7)6-10(21)17-9-4-2-3-8(5-9)12(13,14)15/h2-5H,6H2,1H3,(H,17,21). The summed E-state index contributed by atoms with van der Waals surface area (Å²) in [5.41, 5.74) is -0.944. The summed E-state index contributed by atoms with van der Waals surface area (Å²) in [6.07, 6.45) is -4.52. The minimum atomic E-state index is -4.52. The lowest BCUT2D eigenvalue weighted by atomic mass is 10.2. The van der Waals surface area contributed by atoms with E-state index in [1.165, 1.54) is 13.0 Å². The Labute approximate surface area is 127 Å². The first-order valence-electron chi connectivity index (χ1n) is 6.20. The molecule has 1 N–H and O–H groups in total. The fourth-order valence-electron chi connectivity index (χ4n) is 1.74. The molecule has 0 aliphatic rings. The van der Waals surface area contributed by atoms with Crippen LogP contribution in [0.25, 0.3) is 0 Å². The Bertz CT molecular complexity index is 757. The summed E-state index contributed by atoms with van der Waals surface area (Å²) in [4.78, 5) is 25.1. The molecule has 0 spiro atoms. The lowest BCUT2D eigenvalue weighted by molar-refractivity contribution is -0.394. The number of nitrogens with zero attached hydrogens (tertiary/aromatic N) is 4. The monoisotopic (exact) mass is 329 g/mol. The van der Waals surface area contributed by atoms with Crippen molar-refractivity contribution in [2.75, 3.05) is 5.32 Å².